The first-order valence-electron chi connectivity index (χ1n) is 8.49. The molecule has 8 heteroatoms. The number of likely N-dealkylation sites (tertiary alicyclic amines) is 1. The predicted octanol–water partition coefficient (Wildman–Crippen LogP) is 2.01. The molecule has 1 amide bonds. The van der Waals surface area contributed by atoms with Gasteiger partial charge in [-0.1, -0.05) is 6.07 Å². The largest absolute Gasteiger partial charge is 0.308 e. The molecule has 1 N–H and O–H groups in total. The summed E-state index contributed by atoms with van der Waals surface area (Å²) in [5, 5.41) is 16.0. The van der Waals surface area contributed by atoms with Gasteiger partial charge in [-0.2, -0.15) is 5.10 Å². The Hall–Kier alpha value is -2.87. The minimum atomic E-state index is -0.839. The predicted molar refractivity (Wildman–Crippen MR) is 96.3 cm³/mol. The highest BCUT2D eigenvalue weighted by molar-refractivity contribution is 5.93. The van der Waals surface area contributed by atoms with E-state index < -0.39 is 6.17 Å². The van der Waals surface area contributed by atoms with Crippen LogP contribution in [0.4, 0.5) is 10.2 Å². The van der Waals surface area contributed by atoms with Gasteiger partial charge in [0.15, 0.2) is 5.82 Å². The highest BCUT2D eigenvalue weighted by Crippen LogP contribution is 2.24. The normalized spacial score (nSPS) is 17.7. The Balaban J connectivity index is 1.51. The van der Waals surface area contributed by atoms with Gasteiger partial charge in [-0.3, -0.25) is 14.4 Å². The van der Waals surface area contributed by atoms with Crippen LogP contribution in [0.2, 0.25) is 0 Å². The average molecular weight is 354 g/mol. The molecule has 134 valence electrons. The molecular weight excluding hydrogens is 335 g/mol. The minimum Gasteiger partial charge on any atom is -0.308 e. The number of benzene rings is 1. The number of carbonyl (C=O) groups is 1. The molecule has 1 aliphatic heterocycles. The third-order valence-corrected chi connectivity index (χ3v) is 4.47. The molecule has 7 nitrogen and oxygen atoms in total. The van der Waals surface area contributed by atoms with Gasteiger partial charge in [0.1, 0.15) is 6.17 Å². The summed E-state index contributed by atoms with van der Waals surface area (Å²) in [6.45, 7) is 1.08. The molecule has 0 saturated carbocycles. The van der Waals surface area contributed by atoms with Gasteiger partial charge in [-0.15, -0.1) is 10.2 Å². The summed E-state index contributed by atoms with van der Waals surface area (Å²) >= 11 is 0. The quantitative estimate of drug-likeness (QED) is 0.776. The average Bonchev–Trinajstić information content (AvgIpc) is 3.22. The molecule has 0 radical (unpaired) electrons. The van der Waals surface area contributed by atoms with Crippen molar-refractivity contribution in [2.45, 2.75) is 12.6 Å². The second-order valence-electron chi connectivity index (χ2n) is 6.58. The van der Waals surface area contributed by atoms with Crippen LogP contribution < -0.4 is 5.32 Å². The highest BCUT2D eigenvalue weighted by Gasteiger charge is 2.23. The van der Waals surface area contributed by atoms with E-state index in [9.17, 15) is 9.18 Å². The van der Waals surface area contributed by atoms with Crippen LogP contribution in [-0.4, -0.2) is 56.6 Å². The summed E-state index contributed by atoms with van der Waals surface area (Å²) in [6, 6.07) is 7.64. The molecule has 1 fully saturated rings. The zero-order chi connectivity index (χ0) is 18.1. The summed E-state index contributed by atoms with van der Waals surface area (Å²) in [7, 11) is 1.87. The molecular formula is C18H19FN6O. The lowest BCUT2D eigenvalue weighted by Crippen LogP contribution is -2.32. The van der Waals surface area contributed by atoms with Crippen LogP contribution in [0, 0.1) is 0 Å². The van der Waals surface area contributed by atoms with Crippen molar-refractivity contribution in [2.24, 2.45) is 7.05 Å². The third-order valence-electron chi connectivity index (χ3n) is 4.47. The van der Waals surface area contributed by atoms with Crippen LogP contribution in [0.5, 0.6) is 0 Å². The number of anilines is 1. The van der Waals surface area contributed by atoms with Crippen molar-refractivity contribution in [3.05, 3.63) is 36.7 Å². The highest BCUT2D eigenvalue weighted by atomic mass is 19.1. The minimum absolute atomic E-state index is 0.163. The smallest absolute Gasteiger partial charge is 0.239 e. The summed E-state index contributed by atoms with van der Waals surface area (Å²) < 4.78 is 14.9. The molecule has 0 spiro atoms. The Kier molecular flexibility index (Phi) is 4.34. The number of hydrogen-bond acceptors (Lipinski definition) is 5. The molecule has 1 atom stereocenters. The van der Waals surface area contributed by atoms with E-state index in [0.29, 0.717) is 25.3 Å². The number of amides is 1. The molecule has 0 bridgehead atoms. The number of aromatic nitrogens is 4. The topological polar surface area (TPSA) is 75.9 Å². The Morgan fingerprint density at radius 3 is 2.92 bits per heavy atom. The zero-order valence-corrected chi connectivity index (χ0v) is 14.4. The van der Waals surface area contributed by atoms with Gasteiger partial charge in [0.05, 0.1) is 18.3 Å². The van der Waals surface area contributed by atoms with E-state index in [0.717, 1.165) is 22.0 Å². The lowest BCUT2D eigenvalue weighted by atomic mass is 10.1. The maximum Gasteiger partial charge on any atom is 0.239 e. The maximum atomic E-state index is 13.2. The summed E-state index contributed by atoms with van der Waals surface area (Å²) in [5.74, 6) is 0.179. The molecule has 1 aliphatic rings. The van der Waals surface area contributed by atoms with Gasteiger partial charge >= 0.3 is 0 Å². The van der Waals surface area contributed by atoms with Gasteiger partial charge in [-0.25, -0.2) is 4.39 Å². The summed E-state index contributed by atoms with van der Waals surface area (Å²) in [5.41, 5.74) is 2.77. The number of halogens is 1. The van der Waals surface area contributed by atoms with E-state index in [1.54, 1.807) is 21.8 Å². The first-order valence-corrected chi connectivity index (χ1v) is 8.49. The molecule has 0 aliphatic carbocycles. The van der Waals surface area contributed by atoms with E-state index in [1.165, 1.54) is 0 Å². The van der Waals surface area contributed by atoms with E-state index >= 15 is 0 Å². The number of hydrogen-bond donors (Lipinski definition) is 1. The van der Waals surface area contributed by atoms with Gasteiger partial charge in [0.2, 0.25) is 5.91 Å². The van der Waals surface area contributed by atoms with Crippen molar-refractivity contribution >= 4 is 22.6 Å². The lowest BCUT2D eigenvalue weighted by molar-refractivity contribution is -0.117. The number of carbonyl (C=O) groups excluding carboxylic acids is 1. The van der Waals surface area contributed by atoms with Crippen molar-refractivity contribution in [2.75, 3.05) is 25.0 Å². The number of nitrogens with one attached hydrogen (secondary N) is 1. The Morgan fingerprint density at radius 1 is 1.31 bits per heavy atom. The van der Waals surface area contributed by atoms with E-state index in [1.807, 2.05) is 31.4 Å². The zero-order valence-electron chi connectivity index (χ0n) is 14.4. The first kappa shape index (κ1) is 16.6. The molecule has 4 rings (SSSR count). The Bertz CT molecular complexity index is 956. The molecule has 26 heavy (non-hydrogen) atoms. The SMILES string of the molecule is Cn1cc(-c2ccc3nnc(NC(=O)CN4CC[C@H](F)C4)cc3c2)cn1. The molecule has 3 heterocycles. The first-order chi connectivity index (χ1) is 12.6. The number of nitrogens with zero attached hydrogens (tertiary/aromatic N) is 5. The number of aryl methyl sites for hydroxylation is 1. The van der Waals surface area contributed by atoms with E-state index in [2.05, 4.69) is 20.6 Å². The fourth-order valence-corrected chi connectivity index (χ4v) is 3.17. The van der Waals surface area contributed by atoms with Gasteiger partial charge in [-0.05, 0) is 30.2 Å². The summed E-state index contributed by atoms with van der Waals surface area (Å²) in [6.07, 6.45) is 3.38. The fourth-order valence-electron chi connectivity index (χ4n) is 3.17. The van der Waals surface area contributed by atoms with E-state index in [-0.39, 0.29) is 12.5 Å². The maximum absolute atomic E-state index is 13.2. The van der Waals surface area contributed by atoms with E-state index in [4.69, 9.17) is 0 Å². The molecule has 1 saturated heterocycles. The second kappa shape index (κ2) is 6.80. The van der Waals surface area contributed by atoms with Crippen LogP contribution in [0.15, 0.2) is 36.7 Å². The van der Waals surface area contributed by atoms with Crippen LogP contribution in [0.25, 0.3) is 22.0 Å². The van der Waals surface area contributed by atoms with Gasteiger partial charge in [0.25, 0.3) is 0 Å². The molecule has 1 aromatic carbocycles. The molecule has 2 aromatic heterocycles. The second-order valence-corrected chi connectivity index (χ2v) is 6.58. The van der Waals surface area contributed by atoms with Crippen LogP contribution in [0.3, 0.4) is 0 Å². The van der Waals surface area contributed by atoms with Crippen molar-refractivity contribution < 1.29 is 9.18 Å². The third kappa shape index (κ3) is 3.55. The number of alkyl halides is 1. The Labute approximate surface area is 149 Å². The lowest BCUT2D eigenvalue weighted by Gasteiger charge is -2.13. The fraction of sp³-hybridized carbons (Fsp3) is 0.333. The van der Waals surface area contributed by atoms with Crippen LogP contribution >= 0.6 is 0 Å². The van der Waals surface area contributed by atoms with Crippen LogP contribution in [0.1, 0.15) is 6.42 Å². The number of fused-ring (bicyclic) bond motifs is 1. The summed E-state index contributed by atoms with van der Waals surface area (Å²) in [4.78, 5) is 13.9. The van der Waals surface area contributed by atoms with Crippen molar-refractivity contribution in [1.29, 1.82) is 0 Å². The van der Waals surface area contributed by atoms with Crippen LogP contribution in [-0.2, 0) is 11.8 Å². The standard InChI is InChI=1S/C18H19FN6O/c1-24-9-14(8-20-24)12-2-3-16-13(6-12)7-17(23-22-16)21-18(26)11-25-5-4-15(19)10-25/h2-3,6-9,15H,4-5,10-11H2,1H3,(H,21,23,26)/t15-/m0/s1. The Morgan fingerprint density at radius 2 is 2.19 bits per heavy atom. The van der Waals surface area contributed by atoms with Gasteiger partial charge in [0, 0.05) is 37.3 Å². The monoisotopic (exact) mass is 354 g/mol. The van der Waals surface area contributed by atoms with Crippen molar-refractivity contribution in [3.8, 4) is 11.1 Å². The number of rotatable bonds is 4. The van der Waals surface area contributed by atoms with Crippen molar-refractivity contribution in [3.63, 3.8) is 0 Å². The van der Waals surface area contributed by atoms with Gasteiger partial charge < -0.3 is 5.32 Å². The molecule has 0 unspecified atom stereocenters. The van der Waals surface area contributed by atoms with Crippen molar-refractivity contribution in [1.82, 2.24) is 24.9 Å². The molecule has 3 aromatic rings.